The fraction of sp³-hybridized carbons (Fsp3) is 0.294. The highest BCUT2D eigenvalue weighted by Crippen LogP contribution is 2.52. The second-order valence-corrected chi connectivity index (χ2v) is 11.6. The standard InChI is InChI=1S/C34H32N2O9/c1-2-45-26(39)15-36-14-16-7-8-21(20-6-4-3-5-19(16)20)22-9-10-24(37)28-23(22)12-17-11-18-13-25(38)29(33(35)43)32(42)34(18,44)31(41)27(17)30(28)40/h3-10,17-18,36-38,41,44H,2,11-15H2,1H3,(H2,35,43)/t17-,18+,34+/m1/s1. The van der Waals surface area contributed by atoms with Crippen LogP contribution < -0.4 is 11.1 Å². The number of aliphatic hydroxyl groups excluding tert-OH is 2. The lowest BCUT2D eigenvalue weighted by atomic mass is 9.60. The number of Topliss-reactive ketones (excluding diaryl/α,β-unsaturated/α-hetero) is 2. The van der Waals surface area contributed by atoms with Gasteiger partial charge in [0.15, 0.2) is 11.4 Å². The van der Waals surface area contributed by atoms with Gasteiger partial charge in [-0.1, -0.05) is 42.5 Å². The third-order valence-electron chi connectivity index (χ3n) is 9.14. The van der Waals surface area contributed by atoms with E-state index in [2.05, 4.69) is 5.32 Å². The number of allylic oxidation sites excluding steroid dienone is 2. The Kier molecular flexibility index (Phi) is 7.46. The third kappa shape index (κ3) is 4.66. The topological polar surface area (TPSA) is 196 Å². The fourth-order valence-corrected chi connectivity index (χ4v) is 7.13. The van der Waals surface area contributed by atoms with E-state index >= 15 is 0 Å². The summed E-state index contributed by atoms with van der Waals surface area (Å²) in [7, 11) is 0. The number of carbonyl (C=O) groups is 4. The molecule has 0 radical (unpaired) electrons. The van der Waals surface area contributed by atoms with Crippen molar-refractivity contribution in [3.05, 3.63) is 87.9 Å². The van der Waals surface area contributed by atoms with Crippen molar-refractivity contribution in [1.29, 1.82) is 0 Å². The van der Waals surface area contributed by atoms with E-state index in [-0.39, 0.29) is 48.7 Å². The van der Waals surface area contributed by atoms with Gasteiger partial charge >= 0.3 is 5.97 Å². The molecule has 7 N–H and O–H groups in total. The van der Waals surface area contributed by atoms with Crippen LogP contribution in [0.3, 0.4) is 0 Å². The number of amides is 1. The molecule has 232 valence electrons. The van der Waals surface area contributed by atoms with Crippen molar-refractivity contribution < 1.29 is 44.3 Å². The van der Waals surface area contributed by atoms with Crippen LogP contribution in [0.25, 0.3) is 21.9 Å². The number of hydrogen-bond acceptors (Lipinski definition) is 10. The van der Waals surface area contributed by atoms with Crippen molar-refractivity contribution in [2.24, 2.45) is 17.6 Å². The predicted octanol–water partition coefficient (Wildman–Crippen LogP) is 3.05. The van der Waals surface area contributed by atoms with Gasteiger partial charge in [-0.2, -0.15) is 0 Å². The first kappa shape index (κ1) is 30.0. The van der Waals surface area contributed by atoms with Gasteiger partial charge in [-0.15, -0.1) is 0 Å². The van der Waals surface area contributed by atoms with Gasteiger partial charge in [0.05, 0.1) is 18.7 Å². The number of phenols is 1. The first-order valence-corrected chi connectivity index (χ1v) is 14.7. The lowest BCUT2D eigenvalue weighted by Gasteiger charge is -2.45. The van der Waals surface area contributed by atoms with Gasteiger partial charge in [0.1, 0.15) is 22.8 Å². The minimum absolute atomic E-state index is 0.0455. The Bertz CT molecular complexity index is 1870. The van der Waals surface area contributed by atoms with Crippen molar-refractivity contribution >= 4 is 34.2 Å². The van der Waals surface area contributed by atoms with E-state index < -0.39 is 52.0 Å². The van der Waals surface area contributed by atoms with E-state index in [1.165, 1.54) is 6.07 Å². The molecule has 3 atom stereocenters. The summed E-state index contributed by atoms with van der Waals surface area (Å²) in [5, 5.41) is 49.0. The highest BCUT2D eigenvalue weighted by molar-refractivity contribution is 6.24. The van der Waals surface area contributed by atoms with E-state index in [0.29, 0.717) is 24.3 Å². The summed E-state index contributed by atoms with van der Waals surface area (Å²) in [5.41, 5.74) is 4.57. The van der Waals surface area contributed by atoms with Crippen molar-refractivity contribution in [3.8, 4) is 16.9 Å². The van der Waals surface area contributed by atoms with Gasteiger partial charge in [0, 0.05) is 24.5 Å². The first-order chi connectivity index (χ1) is 21.5. The molecule has 45 heavy (non-hydrogen) atoms. The van der Waals surface area contributed by atoms with Gasteiger partial charge in [-0.05, 0) is 64.8 Å². The summed E-state index contributed by atoms with van der Waals surface area (Å²) in [6.45, 7) is 2.50. The number of primary amides is 1. The molecule has 0 aliphatic heterocycles. The first-order valence-electron chi connectivity index (χ1n) is 14.7. The monoisotopic (exact) mass is 612 g/mol. The van der Waals surface area contributed by atoms with Crippen molar-refractivity contribution in [2.45, 2.75) is 38.3 Å². The molecular formula is C34H32N2O9. The Morgan fingerprint density at radius 1 is 1.00 bits per heavy atom. The van der Waals surface area contributed by atoms with Gasteiger partial charge in [-0.3, -0.25) is 19.2 Å². The molecule has 0 bridgehead atoms. The maximum absolute atomic E-state index is 14.0. The zero-order valence-corrected chi connectivity index (χ0v) is 24.4. The smallest absolute Gasteiger partial charge is 0.319 e. The third-order valence-corrected chi connectivity index (χ3v) is 9.14. The Balaban J connectivity index is 1.43. The lowest BCUT2D eigenvalue weighted by Crippen LogP contribution is -2.57. The molecule has 3 aliphatic carbocycles. The molecule has 1 amide bonds. The fourth-order valence-electron chi connectivity index (χ4n) is 7.13. The zero-order valence-electron chi connectivity index (χ0n) is 24.4. The minimum atomic E-state index is -2.61. The highest BCUT2D eigenvalue weighted by atomic mass is 16.5. The van der Waals surface area contributed by atoms with Gasteiger partial charge in [0.2, 0.25) is 5.78 Å². The molecule has 3 aromatic rings. The molecule has 0 aromatic heterocycles. The number of benzene rings is 3. The van der Waals surface area contributed by atoms with E-state index in [4.69, 9.17) is 10.5 Å². The number of nitrogens with one attached hydrogen (secondary N) is 1. The molecule has 0 saturated heterocycles. The van der Waals surface area contributed by atoms with Crippen LogP contribution in [-0.2, 0) is 32.1 Å². The molecule has 0 saturated carbocycles. The number of aliphatic hydroxyl groups is 3. The quantitative estimate of drug-likeness (QED) is 0.170. The Morgan fingerprint density at radius 2 is 1.71 bits per heavy atom. The normalized spacial score (nSPS) is 22.6. The Morgan fingerprint density at radius 3 is 2.42 bits per heavy atom. The largest absolute Gasteiger partial charge is 0.511 e. The summed E-state index contributed by atoms with van der Waals surface area (Å²) in [4.78, 5) is 50.9. The van der Waals surface area contributed by atoms with E-state index in [1.807, 2.05) is 36.4 Å². The Hall–Kier alpha value is -5.00. The number of ketones is 2. The SMILES string of the molecule is CCOC(=O)CNCc1ccc(-c2ccc(O)c3c2C[C@H]2C[C@H]4CC(O)=C(C(N)=O)C(=O)[C@@]4(O)C(O)=C2C3=O)c2ccccc12. The van der Waals surface area contributed by atoms with Gasteiger partial charge < -0.3 is 36.2 Å². The van der Waals surface area contributed by atoms with E-state index in [0.717, 1.165) is 21.9 Å². The van der Waals surface area contributed by atoms with Crippen LogP contribution in [0.5, 0.6) is 5.75 Å². The average molecular weight is 613 g/mol. The summed E-state index contributed by atoms with van der Waals surface area (Å²) in [6.07, 6.45) is -0.0578. The van der Waals surface area contributed by atoms with E-state index in [9.17, 15) is 39.6 Å². The van der Waals surface area contributed by atoms with Crippen LogP contribution in [0.1, 0.15) is 41.3 Å². The zero-order chi connectivity index (χ0) is 32.2. The van der Waals surface area contributed by atoms with Gasteiger partial charge in [0.25, 0.3) is 5.91 Å². The minimum Gasteiger partial charge on any atom is -0.511 e. The van der Waals surface area contributed by atoms with Crippen molar-refractivity contribution in [3.63, 3.8) is 0 Å². The van der Waals surface area contributed by atoms with Crippen LogP contribution in [0.15, 0.2) is 71.2 Å². The van der Waals surface area contributed by atoms with E-state index in [1.54, 1.807) is 13.0 Å². The maximum Gasteiger partial charge on any atom is 0.319 e. The van der Waals surface area contributed by atoms with Crippen LogP contribution in [0.4, 0.5) is 0 Å². The molecule has 0 spiro atoms. The molecule has 0 unspecified atom stereocenters. The number of phenolic OH excluding ortho intramolecular Hbond substituents is 1. The number of nitrogens with two attached hydrogens (primary N) is 1. The van der Waals surface area contributed by atoms with Crippen LogP contribution in [0, 0.1) is 11.8 Å². The van der Waals surface area contributed by atoms with Crippen LogP contribution in [0.2, 0.25) is 0 Å². The molecule has 0 heterocycles. The maximum atomic E-state index is 14.0. The summed E-state index contributed by atoms with van der Waals surface area (Å²) in [5.74, 6) is -7.03. The predicted molar refractivity (Wildman–Crippen MR) is 162 cm³/mol. The second kappa shape index (κ2) is 11.2. The molecular weight excluding hydrogens is 580 g/mol. The summed E-state index contributed by atoms with van der Waals surface area (Å²) < 4.78 is 4.99. The Labute approximate surface area is 257 Å². The number of carbonyl (C=O) groups excluding carboxylic acids is 4. The molecule has 3 aliphatic rings. The lowest BCUT2D eigenvalue weighted by molar-refractivity contribution is -0.144. The van der Waals surface area contributed by atoms with Crippen LogP contribution in [-0.4, -0.2) is 62.6 Å². The van der Waals surface area contributed by atoms with Crippen LogP contribution >= 0.6 is 0 Å². The summed E-state index contributed by atoms with van der Waals surface area (Å²) >= 11 is 0. The molecule has 11 nitrogen and oxygen atoms in total. The molecule has 11 heteroatoms. The van der Waals surface area contributed by atoms with Crippen molar-refractivity contribution in [2.75, 3.05) is 13.2 Å². The van der Waals surface area contributed by atoms with Crippen molar-refractivity contribution in [1.82, 2.24) is 5.32 Å². The molecule has 6 rings (SSSR count). The molecule has 0 fully saturated rings. The highest BCUT2D eigenvalue weighted by Gasteiger charge is 2.59. The number of esters is 1. The average Bonchev–Trinajstić information content (AvgIpc) is 2.99. The number of aromatic hydroxyl groups is 1. The second-order valence-electron chi connectivity index (χ2n) is 11.6. The summed E-state index contributed by atoms with van der Waals surface area (Å²) in [6, 6.07) is 14.7. The van der Waals surface area contributed by atoms with Gasteiger partial charge in [-0.25, -0.2) is 0 Å². The number of ether oxygens (including phenoxy) is 1. The molecule has 3 aromatic carbocycles. The number of fused-ring (bicyclic) bond motifs is 4. The number of rotatable bonds is 7. The number of hydrogen-bond donors (Lipinski definition) is 6.